The Balaban J connectivity index is 1.00. The molecule has 9 aromatic carbocycles. The summed E-state index contributed by atoms with van der Waals surface area (Å²) < 4.78 is 2.59. The lowest BCUT2D eigenvalue weighted by atomic mass is 9.96. The fraction of sp³-hybridized carbons (Fsp3) is 0. The lowest BCUT2D eigenvalue weighted by molar-refractivity contribution is 1.30. The largest absolute Gasteiger partial charge is 0.310 e. The normalized spacial score (nSPS) is 11.3. The van der Waals surface area contributed by atoms with Gasteiger partial charge < -0.3 is 4.90 Å². The molecule has 10 aromatic rings. The zero-order valence-corrected chi connectivity index (χ0v) is 30.4. The van der Waals surface area contributed by atoms with Gasteiger partial charge in [-0.05, 0) is 110 Å². The molecule has 1 heterocycles. The van der Waals surface area contributed by atoms with E-state index in [2.05, 4.69) is 217 Å². The number of anilines is 3. The average molecular weight is 706 g/mol. The molecule has 0 spiro atoms. The van der Waals surface area contributed by atoms with E-state index in [1.807, 2.05) is 11.3 Å². The maximum atomic E-state index is 2.42. The first-order chi connectivity index (χ1) is 26.7. The second-order valence-electron chi connectivity index (χ2n) is 13.8. The van der Waals surface area contributed by atoms with Crippen LogP contribution < -0.4 is 4.90 Å². The van der Waals surface area contributed by atoms with Crippen molar-refractivity contribution in [1.82, 2.24) is 0 Å². The zero-order chi connectivity index (χ0) is 35.8. The fourth-order valence-electron chi connectivity index (χ4n) is 7.73. The first-order valence-corrected chi connectivity index (χ1v) is 19.2. The predicted molar refractivity (Wildman–Crippen MR) is 233 cm³/mol. The van der Waals surface area contributed by atoms with Gasteiger partial charge in [-0.3, -0.25) is 0 Å². The van der Waals surface area contributed by atoms with Crippen molar-refractivity contribution in [3.05, 3.63) is 212 Å². The Morgan fingerprint density at radius 3 is 1.61 bits per heavy atom. The number of hydrogen-bond donors (Lipinski definition) is 0. The lowest BCUT2D eigenvalue weighted by Crippen LogP contribution is -2.10. The van der Waals surface area contributed by atoms with Crippen LogP contribution in [0.3, 0.4) is 0 Å². The second kappa shape index (κ2) is 13.7. The van der Waals surface area contributed by atoms with E-state index in [1.54, 1.807) is 0 Å². The van der Waals surface area contributed by atoms with Crippen molar-refractivity contribution in [3.8, 4) is 44.5 Å². The number of fused-ring (bicyclic) bond motifs is 4. The molecule has 254 valence electrons. The molecule has 0 aliphatic rings. The Bertz CT molecular complexity index is 2920. The Labute approximate surface area is 319 Å². The molecule has 1 aromatic heterocycles. The Kier molecular flexibility index (Phi) is 8.09. The number of thiophene rings is 1. The van der Waals surface area contributed by atoms with Crippen molar-refractivity contribution in [3.63, 3.8) is 0 Å². The highest BCUT2D eigenvalue weighted by Gasteiger charge is 2.19. The van der Waals surface area contributed by atoms with E-state index >= 15 is 0 Å². The molecule has 0 saturated heterocycles. The maximum absolute atomic E-state index is 2.42. The molecule has 0 aliphatic heterocycles. The van der Waals surface area contributed by atoms with E-state index in [0.29, 0.717) is 0 Å². The van der Waals surface area contributed by atoms with Crippen LogP contribution in [0.5, 0.6) is 0 Å². The summed E-state index contributed by atoms with van der Waals surface area (Å²) in [5.41, 5.74) is 13.1. The minimum absolute atomic E-state index is 1.12. The number of nitrogens with zero attached hydrogens (tertiary/aromatic N) is 1. The highest BCUT2D eigenvalue weighted by Crippen LogP contribution is 2.45. The number of hydrogen-bond acceptors (Lipinski definition) is 2. The molecule has 0 fully saturated rings. The Hall–Kier alpha value is -6.74. The molecular weight excluding hydrogens is 671 g/mol. The van der Waals surface area contributed by atoms with Crippen LogP contribution in [0.1, 0.15) is 0 Å². The van der Waals surface area contributed by atoms with Crippen molar-refractivity contribution >= 4 is 59.3 Å². The van der Waals surface area contributed by atoms with Gasteiger partial charge in [0.25, 0.3) is 0 Å². The van der Waals surface area contributed by atoms with Crippen molar-refractivity contribution in [2.75, 3.05) is 4.90 Å². The molecule has 0 amide bonds. The molecule has 0 N–H and O–H groups in total. The summed E-state index contributed by atoms with van der Waals surface area (Å²) in [7, 11) is 0. The van der Waals surface area contributed by atoms with Gasteiger partial charge >= 0.3 is 0 Å². The lowest BCUT2D eigenvalue weighted by Gasteiger charge is -2.27. The van der Waals surface area contributed by atoms with Gasteiger partial charge in [0, 0.05) is 31.5 Å². The third-order valence-corrected chi connectivity index (χ3v) is 11.6. The second-order valence-corrected chi connectivity index (χ2v) is 14.9. The van der Waals surface area contributed by atoms with Crippen LogP contribution in [0.25, 0.3) is 75.5 Å². The zero-order valence-electron chi connectivity index (χ0n) is 29.6. The van der Waals surface area contributed by atoms with Crippen molar-refractivity contribution in [2.45, 2.75) is 0 Å². The summed E-state index contributed by atoms with van der Waals surface area (Å²) in [4.78, 5) is 2.42. The minimum atomic E-state index is 1.12. The van der Waals surface area contributed by atoms with Crippen LogP contribution in [0.15, 0.2) is 212 Å². The van der Waals surface area contributed by atoms with Gasteiger partial charge in [0.2, 0.25) is 0 Å². The quantitative estimate of drug-likeness (QED) is 0.160. The first kappa shape index (κ1) is 32.0. The van der Waals surface area contributed by atoms with Crippen LogP contribution in [0, 0.1) is 0 Å². The van der Waals surface area contributed by atoms with E-state index < -0.39 is 0 Å². The summed E-state index contributed by atoms with van der Waals surface area (Å²) in [5, 5.41) is 5.10. The van der Waals surface area contributed by atoms with Gasteiger partial charge in [-0.15, -0.1) is 11.3 Å². The van der Waals surface area contributed by atoms with Gasteiger partial charge in [0.1, 0.15) is 0 Å². The topological polar surface area (TPSA) is 3.24 Å². The van der Waals surface area contributed by atoms with Crippen molar-refractivity contribution < 1.29 is 0 Å². The molecule has 0 atom stereocenters. The standard InChI is InChI=1S/C52H35NS/c1-2-11-36(12-3-1)44-17-9-18-47(35-44)53(49-20-10-22-51-52(49)48-19-6-7-21-50(48)54-51)46-31-29-39(30-32-46)38-23-25-40(26-24-38)42-15-8-16-43(33-42)45-28-27-37-13-4-5-14-41(37)34-45/h1-35H. The van der Waals surface area contributed by atoms with Crippen molar-refractivity contribution in [2.24, 2.45) is 0 Å². The van der Waals surface area contributed by atoms with E-state index in [1.165, 1.54) is 81.1 Å². The number of benzene rings is 9. The molecule has 0 bridgehead atoms. The molecule has 2 heteroatoms. The van der Waals surface area contributed by atoms with Gasteiger partial charge in [0.15, 0.2) is 0 Å². The SMILES string of the molecule is c1ccc(-c2cccc(N(c3ccc(-c4ccc(-c5cccc(-c6ccc7ccccc7c6)c5)cc4)cc3)c3cccc4sc5ccccc5c34)c2)cc1. The van der Waals surface area contributed by atoms with Crippen LogP contribution in [-0.2, 0) is 0 Å². The van der Waals surface area contributed by atoms with Crippen LogP contribution in [0.2, 0.25) is 0 Å². The van der Waals surface area contributed by atoms with E-state index in [4.69, 9.17) is 0 Å². The summed E-state index contributed by atoms with van der Waals surface area (Å²) >= 11 is 1.86. The molecule has 1 nitrogen and oxygen atoms in total. The summed E-state index contributed by atoms with van der Waals surface area (Å²) in [6.45, 7) is 0. The van der Waals surface area contributed by atoms with Crippen LogP contribution in [-0.4, -0.2) is 0 Å². The third kappa shape index (κ3) is 5.93. The molecule has 10 rings (SSSR count). The van der Waals surface area contributed by atoms with E-state index in [9.17, 15) is 0 Å². The van der Waals surface area contributed by atoms with E-state index in [-0.39, 0.29) is 0 Å². The van der Waals surface area contributed by atoms with Gasteiger partial charge in [-0.1, -0.05) is 158 Å². The minimum Gasteiger partial charge on any atom is -0.310 e. The van der Waals surface area contributed by atoms with Gasteiger partial charge in [-0.2, -0.15) is 0 Å². The summed E-state index contributed by atoms with van der Waals surface area (Å²) in [6, 6.07) is 77.1. The monoisotopic (exact) mass is 705 g/mol. The van der Waals surface area contributed by atoms with Crippen LogP contribution in [0.4, 0.5) is 17.1 Å². The van der Waals surface area contributed by atoms with Gasteiger partial charge in [0.05, 0.1) is 5.69 Å². The highest BCUT2D eigenvalue weighted by molar-refractivity contribution is 7.26. The molecule has 54 heavy (non-hydrogen) atoms. The highest BCUT2D eigenvalue weighted by atomic mass is 32.1. The fourth-order valence-corrected chi connectivity index (χ4v) is 8.86. The predicted octanol–water partition coefficient (Wildman–Crippen LogP) is 15.3. The Morgan fingerprint density at radius 1 is 0.296 bits per heavy atom. The molecule has 0 radical (unpaired) electrons. The maximum Gasteiger partial charge on any atom is 0.0554 e. The smallest absolute Gasteiger partial charge is 0.0554 e. The van der Waals surface area contributed by atoms with Crippen LogP contribution >= 0.6 is 11.3 Å². The average Bonchev–Trinajstić information content (AvgIpc) is 3.64. The van der Waals surface area contributed by atoms with Gasteiger partial charge in [-0.25, -0.2) is 0 Å². The molecule has 0 saturated carbocycles. The molecule has 0 aliphatic carbocycles. The molecular formula is C52H35NS. The third-order valence-electron chi connectivity index (χ3n) is 10.5. The Morgan fingerprint density at radius 2 is 0.815 bits per heavy atom. The first-order valence-electron chi connectivity index (χ1n) is 18.4. The van der Waals surface area contributed by atoms with Crippen molar-refractivity contribution in [1.29, 1.82) is 0 Å². The summed E-state index contributed by atoms with van der Waals surface area (Å²) in [5.74, 6) is 0. The number of rotatable bonds is 7. The molecule has 0 unspecified atom stereocenters. The van der Waals surface area contributed by atoms with E-state index in [0.717, 1.165) is 11.4 Å². The summed E-state index contributed by atoms with van der Waals surface area (Å²) in [6.07, 6.45) is 0.